The summed E-state index contributed by atoms with van der Waals surface area (Å²) >= 11 is 5.45. The molecule has 2 heterocycles. The van der Waals surface area contributed by atoms with E-state index in [0.29, 0.717) is 16.2 Å². The number of rotatable bonds is 3. The second-order valence-corrected chi connectivity index (χ2v) is 5.90. The first-order valence-corrected chi connectivity index (χ1v) is 8.15. The van der Waals surface area contributed by atoms with Crippen molar-refractivity contribution in [3.05, 3.63) is 59.5 Å². The molecule has 0 spiro atoms. The summed E-state index contributed by atoms with van der Waals surface area (Å²) in [6.45, 7) is 3.01. The van der Waals surface area contributed by atoms with Crippen molar-refractivity contribution in [3.63, 3.8) is 0 Å². The first kappa shape index (κ1) is 14.7. The quantitative estimate of drug-likeness (QED) is 0.549. The molecular formula is C18H16N4OS. The van der Waals surface area contributed by atoms with Crippen LogP contribution >= 0.6 is 12.2 Å². The van der Waals surface area contributed by atoms with Gasteiger partial charge in [0.15, 0.2) is 10.6 Å². The van der Waals surface area contributed by atoms with Crippen molar-refractivity contribution in [1.82, 2.24) is 19.3 Å². The second kappa shape index (κ2) is 5.65. The topological polar surface area (TPSA) is 58.8 Å². The van der Waals surface area contributed by atoms with Gasteiger partial charge < -0.3 is 9.67 Å². The number of phenols is 1. The maximum atomic E-state index is 10.2. The lowest BCUT2D eigenvalue weighted by atomic mass is 10.1. The molecule has 0 bridgehead atoms. The van der Waals surface area contributed by atoms with Gasteiger partial charge in [-0.2, -0.15) is 5.10 Å². The Labute approximate surface area is 143 Å². The Morgan fingerprint density at radius 1 is 1.12 bits per heavy atom. The van der Waals surface area contributed by atoms with E-state index >= 15 is 0 Å². The van der Waals surface area contributed by atoms with Gasteiger partial charge in [-0.15, -0.1) is 0 Å². The van der Waals surface area contributed by atoms with Gasteiger partial charge in [0.1, 0.15) is 5.75 Å². The predicted molar refractivity (Wildman–Crippen MR) is 97.0 cm³/mol. The van der Waals surface area contributed by atoms with Crippen molar-refractivity contribution in [2.75, 3.05) is 0 Å². The fraction of sp³-hybridized carbons (Fsp3) is 0.111. The van der Waals surface area contributed by atoms with Gasteiger partial charge in [-0.25, -0.2) is 0 Å². The van der Waals surface area contributed by atoms with Crippen LogP contribution in [-0.4, -0.2) is 24.4 Å². The van der Waals surface area contributed by atoms with E-state index in [0.717, 1.165) is 23.1 Å². The monoisotopic (exact) mass is 336 g/mol. The van der Waals surface area contributed by atoms with E-state index in [1.807, 2.05) is 28.8 Å². The van der Waals surface area contributed by atoms with Crippen molar-refractivity contribution in [1.29, 1.82) is 0 Å². The summed E-state index contributed by atoms with van der Waals surface area (Å²) < 4.78 is 4.54. The number of nitrogens with one attached hydrogen (secondary N) is 1. The summed E-state index contributed by atoms with van der Waals surface area (Å²) in [5.74, 6) is 0.765. The van der Waals surface area contributed by atoms with E-state index < -0.39 is 0 Å². The Hall–Kier alpha value is -2.86. The van der Waals surface area contributed by atoms with Crippen LogP contribution < -0.4 is 0 Å². The molecule has 0 radical (unpaired) electrons. The Morgan fingerprint density at radius 3 is 2.75 bits per heavy atom. The molecule has 2 aromatic heterocycles. The van der Waals surface area contributed by atoms with Gasteiger partial charge >= 0.3 is 0 Å². The third kappa shape index (κ3) is 2.15. The average molecular weight is 336 g/mol. The number of hydrogen-bond acceptors (Lipinski definition) is 3. The lowest BCUT2D eigenvalue weighted by Gasteiger charge is -2.10. The lowest BCUT2D eigenvalue weighted by Crippen LogP contribution is -1.99. The third-order valence-corrected chi connectivity index (χ3v) is 4.46. The van der Waals surface area contributed by atoms with Crippen molar-refractivity contribution in [3.8, 4) is 22.8 Å². The smallest absolute Gasteiger partial charge is 0.200 e. The zero-order chi connectivity index (χ0) is 16.7. The van der Waals surface area contributed by atoms with E-state index in [1.54, 1.807) is 12.1 Å². The number of hydrogen-bond donors (Lipinski definition) is 2. The average Bonchev–Trinajstić information content (AvgIpc) is 3.18. The summed E-state index contributed by atoms with van der Waals surface area (Å²) in [5.41, 5.74) is 2.72. The van der Waals surface area contributed by atoms with Crippen LogP contribution in [0, 0.1) is 4.77 Å². The largest absolute Gasteiger partial charge is 0.507 e. The number of nitrogens with zero attached hydrogens (tertiary/aromatic N) is 3. The molecule has 0 aliphatic carbocycles. The molecule has 0 unspecified atom stereocenters. The number of para-hydroxylation sites is 1. The zero-order valence-electron chi connectivity index (χ0n) is 13.1. The van der Waals surface area contributed by atoms with Gasteiger partial charge in [-0.1, -0.05) is 18.2 Å². The number of aromatic nitrogens is 4. The molecule has 4 rings (SSSR count). The highest BCUT2D eigenvalue weighted by atomic mass is 32.1. The number of aryl methyl sites for hydroxylation is 1. The first-order valence-electron chi connectivity index (χ1n) is 7.74. The number of fused-ring (bicyclic) bond motifs is 1. The maximum absolute atomic E-state index is 10.2. The second-order valence-electron chi connectivity index (χ2n) is 5.52. The Balaban J connectivity index is 2.03. The SMILES string of the molecule is CCn1ccc2c(-n3c(-c4ccccc4O)n[nH]c3=S)cccc21. The summed E-state index contributed by atoms with van der Waals surface area (Å²) in [4.78, 5) is 0. The summed E-state index contributed by atoms with van der Waals surface area (Å²) in [5, 5.41) is 18.5. The van der Waals surface area contributed by atoms with Gasteiger partial charge in [-0.3, -0.25) is 9.67 Å². The van der Waals surface area contributed by atoms with Crippen molar-refractivity contribution in [2.24, 2.45) is 0 Å². The van der Waals surface area contributed by atoms with Gasteiger partial charge in [0, 0.05) is 18.1 Å². The zero-order valence-corrected chi connectivity index (χ0v) is 13.9. The number of benzene rings is 2. The van der Waals surface area contributed by atoms with E-state index in [1.165, 1.54) is 0 Å². The van der Waals surface area contributed by atoms with E-state index in [9.17, 15) is 5.11 Å². The van der Waals surface area contributed by atoms with Gasteiger partial charge in [-0.05, 0) is 49.5 Å². The number of aromatic amines is 1. The molecule has 0 aliphatic rings. The minimum atomic E-state index is 0.172. The highest BCUT2D eigenvalue weighted by Crippen LogP contribution is 2.31. The molecule has 4 aromatic rings. The van der Waals surface area contributed by atoms with Crippen LogP contribution in [-0.2, 0) is 6.54 Å². The normalized spacial score (nSPS) is 11.2. The molecule has 2 N–H and O–H groups in total. The molecule has 0 saturated carbocycles. The highest BCUT2D eigenvalue weighted by Gasteiger charge is 2.16. The Kier molecular flexibility index (Phi) is 3.46. The minimum absolute atomic E-state index is 0.172. The number of H-pyrrole nitrogens is 1. The lowest BCUT2D eigenvalue weighted by molar-refractivity contribution is 0.476. The minimum Gasteiger partial charge on any atom is -0.507 e. The summed E-state index contributed by atoms with van der Waals surface area (Å²) in [6.07, 6.45) is 2.07. The molecule has 0 saturated heterocycles. The molecule has 120 valence electrons. The maximum Gasteiger partial charge on any atom is 0.200 e. The molecule has 24 heavy (non-hydrogen) atoms. The predicted octanol–water partition coefficient (Wildman–Crippen LogP) is 4.28. The summed E-state index contributed by atoms with van der Waals surface area (Å²) in [6, 6.07) is 15.3. The third-order valence-electron chi connectivity index (χ3n) is 4.19. The highest BCUT2D eigenvalue weighted by molar-refractivity contribution is 7.71. The molecule has 0 fully saturated rings. The fourth-order valence-corrected chi connectivity index (χ4v) is 3.27. The molecule has 5 nitrogen and oxygen atoms in total. The van der Waals surface area contributed by atoms with Crippen LogP contribution in [0.3, 0.4) is 0 Å². The standard InChI is InChI=1S/C18H16N4OS/c1-2-21-11-10-12-14(21)7-5-8-15(12)22-17(19-20-18(22)24)13-6-3-4-9-16(13)23/h3-11,23H,2H2,1H3,(H,20,24). The van der Waals surface area contributed by atoms with Crippen molar-refractivity contribution < 1.29 is 5.11 Å². The van der Waals surface area contributed by atoms with Crippen LogP contribution in [0.4, 0.5) is 0 Å². The van der Waals surface area contributed by atoms with Crippen LogP contribution in [0.5, 0.6) is 5.75 Å². The van der Waals surface area contributed by atoms with Crippen LogP contribution in [0.2, 0.25) is 0 Å². The van der Waals surface area contributed by atoms with Crippen LogP contribution in [0.25, 0.3) is 28.0 Å². The molecule has 6 heteroatoms. The molecule has 0 atom stereocenters. The molecule has 2 aromatic carbocycles. The van der Waals surface area contributed by atoms with Gasteiger partial charge in [0.25, 0.3) is 0 Å². The van der Waals surface area contributed by atoms with Gasteiger partial charge in [0.05, 0.1) is 16.8 Å². The molecular weight excluding hydrogens is 320 g/mol. The summed E-state index contributed by atoms with van der Waals surface area (Å²) in [7, 11) is 0. The van der Waals surface area contributed by atoms with E-state index in [2.05, 4.69) is 40.0 Å². The molecule has 0 amide bonds. The van der Waals surface area contributed by atoms with Crippen molar-refractivity contribution >= 4 is 23.1 Å². The van der Waals surface area contributed by atoms with Crippen LogP contribution in [0.1, 0.15) is 6.92 Å². The van der Waals surface area contributed by atoms with Crippen LogP contribution in [0.15, 0.2) is 54.7 Å². The van der Waals surface area contributed by atoms with Crippen molar-refractivity contribution in [2.45, 2.75) is 13.5 Å². The number of phenolic OH excluding ortho intramolecular Hbond substituents is 1. The van der Waals surface area contributed by atoms with Gasteiger partial charge in [0.2, 0.25) is 0 Å². The fourth-order valence-electron chi connectivity index (χ4n) is 3.04. The van der Waals surface area contributed by atoms with E-state index in [4.69, 9.17) is 12.2 Å². The Morgan fingerprint density at radius 2 is 1.96 bits per heavy atom. The number of aromatic hydroxyl groups is 1. The Bertz CT molecular complexity index is 1090. The first-order chi connectivity index (χ1) is 11.7. The molecule has 0 aliphatic heterocycles. The van der Waals surface area contributed by atoms with E-state index in [-0.39, 0.29) is 5.75 Å².